The first kappa shape index (κ1) is 15.8. The first-order valence-electron chi connectivity index (χ1n) is 6.85. The summed E-state index contributed by atoms with van der Waals surface area (Å²) in [6, 6.07) is 0. The summed E-state index contributed by atoms with van der Waals surface area (Å²) in [5.41, 5.74) is -0.481. The SMILES string of the molecule is COC(=O)CC1CCCC1CNC(=O)OC(C)(C)C. The van der Waals surface area contributed by atoms with Gasteiger partial charge in [-0.3, -0.25) is 4.79 Å². The van der Waals surface area contributed by atoms with Gasteiger partial charge in [0, 0.05) is 13.0 Å². The number of hydrogen-bond acceptors (Lipinski definition) is 4. The van der Waals surface area contributed by atoms with Crippen LogP contribution in [0.3, 0.4) is 0 Å². The Morgan fingerprint density at radius 1 is 1.21 bits per heavy atom. The van der Waals surface area contributed by atoms with Gasteiger partial charge in [0.25, 0.3) is 0 Å². The number of rotatable bonds is 4. The third-order valence-electron chi connectivity index (χ3n) is 3.38. The van der Waals surface area contributed by atoms with Crippen molar-refractivity contribution < 1.29 is 19.1 Å². The fraction of sp³-hybridized carbons (Fsp3) is 0.857. The fourth-order valence-electron chi connectivity index (χ4n) is 2.48. The molecule has 1 saturated carbocycles. The third kappa shape index (κ3) is 5.94. The van der Waals surface area contributed by atoms with E-state index in [2.05, 4.69) is 5.32 Å². The molecule has 1 amide bonds. The van der Waals surface area contributed by atoms with E-state index >= 15 is 0 Å². The standard InChI is InChI=1S/C14H25NO4/c1-14(2,3)19-13(17)15-9-11-7-5-6-10(11)8-12(16)18-4/h10-11H,5-9H2,1-4H3,(H,15,17). The van der Waals surface area contributed by atoms with Crippen LogP contribution < -0.4 is 5.32 Å². The summed E-state index contributed by atoms with van der Waals surface area (Å²) in [5.74, 6) is 0.475. The average Bonchev–Trinajstić information content (AvgIpc) is 2.71. The number of ether oxygens (including phenoxy) is 2. The minimum absolute atomic E-state index is 0.172. The fourth-order valence-corrected chi connectivity index (χ4v) is 2.48. The molecule has 19 heavy (non-hydrogen) atoms. The van der Waals surface area contributed by atoms with Gasteiger partial charge in [-0.25, -0.2) is 4.79 Å². The van der Waals surface area contributed by atoms with Crippen molar-refractivity contribution in [3.8, 4) is 0 Å². The van der Waals surface area contributed by atoms with Crippen molar-refractivity contribution in [3.05, 3.63) is 0 Å². The molecule has 0 bridgehead atoms. The molecule has 5 nitrogen and oxygen atoms in total. The van der Waals surface area contributed by atoms with Crippen LogP contribution in [0.2, 0.25) is 0 Å². The lowest BCUT2D eigenvalue weighted by molar-refractivity contribution is -0.142. The number of esters is 1. The van der Waals surface area contributed by atoms with E-state index in [0.717, 1.165) is 19.3 Å². The number of methoxy groups -OCH3 is 1. The zero-order chi connectivity index (χ0) is 14.5. The minimum atomic E-state index is -0.481. The van der Waals surface area contributed by atoms with Gasteiger partial charge in [0.05, 0.1) is 7.11 Å². The van der Waals surface area contributed by atoms with Crippen molar-refractivity contribution in [2.24, 2.45) is 11.8 Å². The quantitative estimate of drug-likeness (QED) is 0.798. The molecular weight excluding hydrogens is 246 g/mol. The summed E-state index contributed by atoms with van der Waals surface area (Å²) in [7, 11) is 1.41. The van der Waals surface area contributed by atoms with E-state index < -0.39 is 11.7 Å². The third-order valence-corrected chi connectivity index (χ3v) is 3.38. The van der Waals surface area contributed by atoms with Crippen molar-refractivity contribution in [1.29, 1.82) is 0 Å². The predicted molar refractivity (Wildman–Crippen MR) is 71.7 cm³/mol. The van der Waals surface area contributed by atoms with E-state index in [1.54, 1.807) is 0 Å². The maximum absolute atomic E-state index is 11.6. The number of carbonyl (C=O) groups is 2. The van der Waals surface area contributed by atoms with Gasteiger partial charge in [-0.2, -0.15) is 0 Å². The highest BCUT2D eigenvalue weighted by atomic mass is 16.6. The number of nitrogens with one attached hydrogen (secondary N) is 1. The summed E-state index contributed by atoms with van der Waals surface area (Å²) in [5, 5.41) is 2.79. The second-order valence-corrected chi connectivity index (χ2v) is 6.11. The van der Waals surface area contributed by atoms with Crippen LogP contribution in [0.25, 0.3) is 0 Å². The zero-order valence-corrected chi connectivity index (χ0v) is 12.3. The lowest BCUT2D eigenvalue weighted by atomic mass is 9.93. The van der Waals surface area contributed by atoms with Gasteiger partial charge in [0.1, 0.15) is 5.60 Å². The molecule has 0 aromatic rings. The second-order valence-electron chi connectivity index (χ2n) is 6.11. The van der Waals surface area contributed by atoms with E-state index in [9.17, 15) is 9.59 Å². The molecule has 1 N–H and O–H groups in total. The lowest BCUT2D eigenvalue weighted by Gasteiger charge is -2.22. The number of hydrogen-bond donors (Lipinski definition) is 1. The summed E-state index contributed by atoms with van der Waals surface area (Å²) in [4.78, 5) is 22.9. The van der Waals surface area contributed by atoms with Crippen molar-refractivity contribution in [2.45, 2.75) is 52.1 Å². The Hall–Kier alpha value is -1.26. The largest absolute Gasteiger partial charge is 0.469 e. The topological polar surface area (TPSA) is 64.6 Å². The Labute approximate surface area is 115 Å². The highest BCUT2D eigenvalue weighted by Gasteiger charge is 2.30. The maximum Gasteiger partial charge on any atom is 0.407 e. The Morgan fingerprint density at radius 2 is 1.84 bits per heavy atom. The molecule has 1 rings (SSSR count). The van der Waals surface area contributed by atoms with E-state index in [0.29, 0.717) is 24.8 Å². The van der Waals surface area contributed by atoms with Crippen LogP contribution in [0.15, 0.2) is 0 Å². The number of amides is 1. The van der Waals surface area contributed by atoms with Gasteiger partial charge < -0.3 is 14.8 Å². The summed E-state index contributed by atoms with van der Waals surface area (Å²) >= 11 is 0. The van der Waals surface area contributed by atoms with E-state index in [4.69, 9.17) is 9.47 Å². The lowest BCUT2D eigenvalue weighted by Crippen LogP contribution is -2.36. The van der Waals surface area contributed by atoms with Crippen molar-refractivity contribution in [3.63, 3.8) is 0 Å². The molecule has 0 saturated heterocycles. The summed E-state index contributed by atoms with van der Waals surface area (Å²) < 4.78 is 9.89. The Balaban J connectivity index is 2.35. The van der Waals surface area contributed by atoms with Gasteiger partial charge in [-0.05, 0) is 45.4 Å². The van der Waals surface area contributed by atoms with Crippen molar-refractivity contribution in [2.75, 3.05) is 13.7 Å². The molecular formula is C14H25NO4. The van der Waals surface area contributed by atoms with Gasteiger partial charge >= 0.3 is 12.1 Å². The molecule has 110 valence electrons. The zero-order valence-electron chi connectivity index (χ0n) is 12.3. The van der Waals surface area contributed by atoms with Crippen LogP contribution in [-0.4, -0.2) is 31.3 Å². The molecule has 0 radical (unpaired) electrons. The molecule has 0 aromatic heterocycles. The summed E-state index contributed by atoms with van der Waals surface area (Å²) in [6.45, 7) is 6.07. The van der Waals surface area contributed by atoms with Gasteiger partial charge in [-0.1, -0.05) is 6.42 Å². The first-order chi connectivity index (χ1) is 8.81. The van der Waals surface area contributed by atoms with Gasteiger partial charge in [0.15, 0.2) is 0 Å². The Kier molecular flexibility index (Phi) is 5.63. The van der Waals surface area contributed by atoms with Crippen LogP contribution in [-0.2, 0) is 14.3 Å². The molecule has 1 aliphatic carbocycles. The monoisotopic (exact) mass is 271 g/mol. The van der Waals surface area contributed by atoms with E-state index in [-0.39, 0.29) is 5.97 Å². The molecule has 0 heterocycles. The van der Waals surface area contributed by atoms with Crippen LogP contribution in [0.5, 0.6) is 0 Å². The van der Waals surface area contributed by atoms with Crippen LogP contribution in [0.1, 0.15) is 46.5 Å². The molecule has 0 spiro atoms. The van der Waals surface area contributed by atoms with Gasteiger partial charge in [0.2, 0.25) is 0 Å². The molecule has 2 atom stereocenters. The Bertz CT molecular complexity index is 322. The van der Waals surface area contributed by atoms with Crippen LogP contribution in [0, 0.1) is 11.8 Å². The molecule has 1 aliphatic rings. The van der Waals surface area contributed by atoms with E-state index in [1.807, 2.05) is 20.8 Å². The van der Waals surface area contributed by atoms with Crippen molar-refractivity contribution >= 4 is 12.1 Å². The minimum Gasteiger partial charge on any atom is -0.469 e. The molecule has 0 aromatic carbocycles. The average molecular weight is 271 g/mol. The molecule has 2 unspecified atom stereocenters. The molecule has 1 fully saturated rings. The normalized spacial score (nSPS) is 22.9. The van der Waals surface area contributed by atoms with Crippen LogP contribution in [0.4, 0.5) is 4.79 Å². The first-order valence-corrected chi connectivity index (χ1v) is 6.85. The highest BCUT2D eigenvalue weighted by Crippen LogP contribution is 2.33. The molecule has 0 aliphatic heterocycles. The Morgan fingerprint density at radius 3 is 2.42 bits per heavy atom. The predicted octanol–water partition coefficient (Wildman–Crippen LogP) is 2.49. The van der Waals surface area contributed by atoms with Gasteiger partial charge in [-0.15, -0.1) is 0 Å². The summed E-state index contributed by atoms with van der Waals surface area (Å²) in [6.07, 6.45) is 3.21. The molecule has 5 heteroatoms. The van der Waals surface area contributed by atoms with Crippen LogP contribution >= 0.6 is 0 Å². The maximum atomic E-state index is 11.6. The smallest absolute Gasteiger partial charge is 0.407 e. The number of alkyl carbamates (subject to hydrolysis) is 1. The van der Waals surface area contributed by atoms with E-state index in [1.165, 1.54) is 7.11 Å². The second kappa shape index (κ2) is 6.78. The van der Waals surface area contributed by atoms with Crippen molar-refractivity contribution in [1.82, 2.24) is 5.32 Å². The number of carbonyl (C=O) groups excluding carboxylic acids is 2. The highest BCUT2D eigenvalue weighted by molar-refractivity contribution is 5.69.